The molecular formula is C22H33N5O4. The molecular weight excluding hydrogens is 398 g/mol. The Hall–Kier alpha value is -2.78. The lowest BCUT2D eigenvalue weighted by atomic mass is 9.96. The van der Waals surface area contributed by atoms with Crippen molar-refractivity contribution in [2.24, 2.45) is 5.41 Å². The van der Waals surface area contributed by atoms with E-state index in [1.54, 1.807) is 24.3 Å². The number of nitrogens with zero attached hydrogens (tertiary/aromatic N) is 1. The van der Waals surface area contributed by atoms with E-state index in [1.165, 1.54) is 0 Å². The van der Waals surface area contributed by atoms with E-state index in [0.29, 0.717) is 24.1 Å². The molecule has 1 heterocycles. The van der Waals surface area contributed by atoms with Crippen molar-refractivity contribution in [3.63, 3.8) is 0 Å². The second-order valence-electron chi connectivity index (χ2n) is 9.26. The number of carbonyl (C=O) groups excluding carboxylic acids is 2. The van der Waals surface area contributed by atoms with Crippen molar-refractivity contribution in [1.82, 2.24) is 26.1 Å². The predicted molar refractivity (Wildman–Crippen MR) is 120 cm³/mol. The maximum Gasteiger partial charge on any atom is 0.280 e. The maximum atomic E-state index is 12.5. The van der Waals surface area contributed by atoms with Gasteiger partial charge in [-0.15, -0.1) is 0 Å². The lowest BCUT2D eigenvalue weighted by Gasteiger charge is -2.27. The highest BCUT2D eigenvalue weighted by Crippen LogP contribution is 2.12. The minimum absolute atomic E-state index is 0.0112. The molecule has 2 amide bonds. The third-order valence-electron chi connectivity index (χ3n) is 4.65. The zero-order valence-electron chi connectivity index (χ0n) is 19.1. The number of carbonyl (C=O) groups is 2. The molecule has 0 aliphatic heterocycles. The summed E-state index contributed by atoms with van der Waals surface area (Å²) >= 11 is 0. The van der Waals surface area contributed by atoms with Crippen LogP contribution in [-0.2, 0) is 9.53 Å². The van der Waals surface area contributed by atoms with Gasteiger partial charge in [0.25, 0.3) is 11.5 Å². The summed E-state index contributed by atoms with van der Waals surface area (Å²) in [6.45, 7) is 11.8. The molecule has 0 bridgehead atoms. The zero-order valence-corrected chi connectivity index (χ0v) is 19.1. The summed E-state index contributed by atoms with van der Waals surface area (Å²) in [5, 5.41) is 2.72. The number of rotatable bonds is 9. The SMILES string of the molecule is CC(CCOC(C)(C)CNC(=O)c1nc2ccccc2[nH]c1=O)NNC(=O)C(C)(C)C. The number of nitrogens with one attached hydrogen (secondary N) is 4. The van der Waals surface area contributed by atoms with Gasteiger partial charge in [-0.05, 0) is 39.3 Å². The van der Waals surface area contributed by atoms with Gasteiger partial charge in [-0.25, -0.2) is 10.4 Å². The van der Waals surface area contributed by atoms with Crippen LogP contribution < -0.4 is 21.7 Å². The quantitative estimate of drug-likeness (QED) is 0.449. The highest BCUT2D eigenvalue weighted by molar-refractivity contribution is 5.93. The Bertz CT molecular complexity index is 978. The number of aromatic nitrogens is 2. The van der Waals surface area contributed by atoms with Crippen LogP contribution in [0.2, 0.25) is 0 Å². The average Bonchev–Trinajstić information content (AvgIpc) is 2.68. The fraction of sp³-hybridized carbons (Fsp3) is 0.545. The third-order valence-corrected chi connectivity index (χ3v) is 4.65. The molecule has 1 atom stereocenters. The van der Waals surface area contributed by atoms with Crippen molar-refractivity contribution in [3.05, 3.63) is 40.3 Å². The topological polar surface area (TPSA) is 125 Å². The molecule has 170 valence electrons. The van der Waals surface area contributed by atoms with E-state index in [2.05, 4.69) is 26.1 Å². The van der Waals surface area contributed by atoms with Gasteiger partial charge in [0.1, 0.15) is 0 Å². The monoisotopic (exact) mass is 431 g/mol. The molecule has 0 aliphatic rings. The molecule has 0 saturated carbocycles. The van der Waals surface area contributed by atoms with Crippen molar-refractivity contribution in [1.29, 1.82) is 0 Å². The maximum absolute atomic E-state index is 12.5. The summed E-state index contributed by atoms with van der Waals surface area (Å²) in [6, 6.07) is 7.05. The smallest absolute Gasteiger partial charge is 0.280 e. The van der Waals surface area contributed by atoms with Gasteiger partial charge in [0.15, 0.2) is 5.69 Å². The molecule has 1 aromatic carbocycles. The van der Waals surface area contributed by atoms with Crippen LogP contribution >= 0.6 is 0 Å². The van der Waals surface area contributed by atoms with E-state index in [0.717, 1.165) is 0 Å². The largest absolute Gasteiger partial charge is 0.374 e. The molecule has 0 radical (unpaired) electrons. The zero-order chi connectivity index (χ0) is 23.2. The van der Waals surface area contributed by atoms with Gasteiger partial charge >= 0.3 is 0 Å². The van der Waals surface area contributed by atoms with Gasteiger partial charge in [0.2, 0.25) is 5.91 Å². The van der Waals surface area contributed by atoms with Crippen molar-refractivity contribution in [2.45, 2.75) is 59.6 Å². The fourth-order valence-electron chi connectivity index (χ4n) is 2.57. The molecule has 9 nitrogen and oxygen atoms in total. The average molecular weight is 432 g/mol. The first-order chi connectivity index (χ1) is 14.4. The molecule has 0 fully saturated rings. The number of ether oxygens (including phenoxy) is 1. The molecule has 4 N–H and O–H groups in total. The number of fused-ring (bicyclic) bond motifs is 1. The van der Waals surface area contributed by atoms with Gasteiger partial charge in [-0.1, -0.05) is 32.9 Å². The Morgan fingerprint density at radius 3 is 2.52 bits per heavy atom. The number of H-pyrrole nitrogens is 1. The van der Waals surface area contributed by atoms with Crippen molar-refractivity contribution in [3.8, 4) is 0 Å². The molecule has 31 heavy (non-hydrogen) atoms. The number of hydrazine groups is 1. The van der Waals surface area contributed by atoms with Gasteiger partial charge in [-0.2, -0.15) is 0 Å². The Kier molecular flexibility index (Phi) is 7.91. The van der Waals surface area contributed by atoms with E-state index >= 15 is 0 Å². The number of hydrogen-bond acceptors (Lipinski definition) is 6. The Balaban J connectivity index is 1.81. The summed E-state index contributed by atoms with van der Waals surface area (Å²) in [4.78, 5) is 43.4. The second-order valence-corrected chi connectivity index (χ2v) is 9.26. The lowest BCUT2D eigenvalue weighted by Crippen LogP contribution is -2.48. The summed E-state index contributed by atoms with van der Waals surface area (Å²) in [7, 11) is 0. The van der Waals surface area contributed by atoms with Gasteiger partial charge < -0.3 is 15.0 Å². The summed E-state index contributed by atoms with van der Waals surface area (Å²) in [5.41, 5.74) is 4.97. The molecule has 2 rings (SSSR count). The highest BCUT2D eigenvalue weighted by atomic mass is 16.5. The normalized spacial score (nSPS) is 13.1. The van der Waals surface area contributed by atoms with Crippen molar-refractivity contribution < 1.29 is 14.3 Å². The van der Waals surface area contributed by atoms with E-state index in [-0.39, 0.29) is 24.2 Å². The van der Waals surface area contributed by atoms with Crippen LogP contribution in [0.3, 0.4) is 0 Å². The first-order valence-electron chi connectivity index (χ1n) is 10.4. The molecule has 9 heteroatoms. The number of benzene rings is 1. The fourth-order valence-corrected chi connectivity index (χ4v) is 2.57. The minimum Gasteiger partial charge on any atom is -0.374 e. The van der Waals surface area contributed by atoms with E-state index < -0.39 is 22.5 Å². The van der Waals surface area contributed by atoms with Crippen LogP contribution in [0.4, 0.5) is 0 Å². The molecule has 2 aromatic rings. The Labute approximate surface area is 182 Å². The third kappa shape index (κ3) is 7.45. The lowest BCUT2D eigenvalue weighted by molar-refractivity contribution is -0.129. The number of hydrogen-bond donors (Lipinski definition) is 4. The van der Waals surface area contributed by atoms with Crippen LogP contribution in [0.1, 0.15) is 58.5 Å². The standard InChI is InChI=1S/C22H33N5O4/c1-14(26-27-20(30)21(2,3)4)11-12-31-22(5,6)13-23-18(28)17-19(29)25-16-10-8-7-9-15(16)24-17/h7-10,14,26H,11-13H2,1-6H3,(H,23,28)(H,25,29)(H,27,30). The van der Waals surface area contributed by atoms with Crippen LogP contribution in [0.5, 0.6) is 0 Å². The molecule has 1 aromatic heterocycles. The van der Waals surface area contributed by atoms with Crippen LogP contribution in [0, 0.1) is 5.41 Å². The summed E-state index contributed by atoms with van der Waals surface area (Å²) in [6.07, 6.45) is 0.660. The number of amides is 2. The number of para-hydroxylation sites is 2. The molecule has 0 aliphatic carbocycles. The number of aromatic amines is 1. The summed E-state index contributed by atoms with van der Waals surface area (Å²) < 4.78 is 5.89. The second kappa shape index (κ2) is 10.0. The summed E-state index contributed by atoms with van der Waals surface area (Å²) in [5.74, 6) is -0.635. The van der Waals surface area contributed by atoms with E-state index in [1.807, 2.05) is 41.5 Å². The van der Waals surface area contributed by atoms with Gasteiger partial charge in [0, 0.05) is 24.6 Å². The van der Waals surface area contributed by atoms with Crippen LogP contribution in [0.25, 0.3) is 11.0 Å². The van der Waals surface area contributed by atoms with Gasteiger partial charge in [-0.3, -0.25) is 19.8 Å². The van der Waals surface area contributed by atoms with Crippen LogP contribution in [0.15, 0.2) is 29.1 Å². The van der Waals surface area contributed by atoms with E-state index in [9.17, 15) is 14.4 Å². The van der Waals surface area contributed by atoms with Gasteiger partial charge in [0.05, 0.1) is 16.6 Å². The van der Waals surface area contributed by atoms with Crippen LogP contribution in [-0.4, -0.2) is 46.6 Å². The molecule has 0 spiro atoms. The molecule has 0 saturated heterocycles. The molecule has 1 unspecified atom stereocenters. The Morgan fingerprint density at radius 1 is 1.16 bits per heavy atom. The van der Waals surface area contributed by atoms with Crippen molar-refractivity contribution in [2.75, 3.05) is 13.2 Å². The predicted octanol–water partition coefficient (Wildman–Crippen LogP) is 1.89. The minimum atomic E-state index is -0.645. The highest BCUT2D eigenvalue weighted by Gasteiger charge is 2.23. The first-order valence-corrected chi connectivity index (χ1v) is 10.4. The first kappa shape index (κ1) is 24.5. The van der Waals surface area contributed by atoms with E-state index in [4.69, 9.17) is 4.74 Å². The van der Waals surface area contributed by atoms with Crippen molar-refractivity contribution >= 4 is 22.8 Å². The Morgan fingerprint density at radius 2 is 1.84 bits per heavy atom.